The Bertz CT molecular complexity index is 1210. The molecule has 1 heterocycles. The van der Waals surface area contributed by atoms with E-state index in [9.17, 15) is 23.8 Å². The van der Waals surface area contributed by atoms with Crippen molar-refractivity contribution in [2.45, 2.75) is 211 Å². The zero-order valence-electron chi connectivity index (χ0n) is 37.8. The molecular formula is C45H80N2NaO9PS2. The summed E-state index contributed by atoms with van der Waals surface area (Å²) in [5.41, 5.74) is 0. The van der Waals surface area contributed by atoms with Crippen molar-refractivity contribution in [2.75, 3.05) is 32.1 Å². The van der Waals surface area contributed by atoms with E-state index in [0.29, 0.717) is 18.6 Å². The number of esters is 2. The third-order valence-corrected chi connectivity index (χ3v) is 13.2. The van der Waals surface area contributed by atoms with E-state index in [-0.39, 0.29) is 74.5 Å². The molecule has 1 aromatic rings. The Labute approximate surface area is 394 Å². The van der Waals surface area contributed by atoms with Crippen molar-refractivity contribution in [3.05, 3.63) is 24.4 Å². The van der Waals surface area contributed by atoms with Gasteiger partial charge in [-0.25, -0.2) is 4.98 Å². The summed E-state index contributed by atoms with van der Waals surface area (Å²) in [6.07, 6.45) is 32.4. The van der Waals surface area contributed by atoms with E-state index in [2.05, 4.69) is 24.1 Å². The Morgan fingerprint density at radius 3 is 1.63 bits per heavy atom. The summed E-state index contributed by atoms with van der Waals surface area (Å²) in [4.78, 5) is 54.2. The van der Waals surface area contributed by atoms with Gasteiger partial charge in [0.15, 0.2) is 6.10 Å². The number of ether oxygens (including phenoxy) is 2. The number of carbonyl (C=O) groups is 3. The minimum atomic E-state index is -4.80. The molecule has 0 saturated carbocycles. The average Bonchev–Trinajstić information content (AvgIpc) is 3.23. The molecular weight excluding hydrogens is 831 g/mol. The van der Waals surface area contributed by atoms with E-state index < -0.39 is 32.5 Å². The third-order valence-electron chi connectivity index (χ3n) is 9.98. The molecule has 0 aliphatic carbocycles. The first-order chi connectivity index (χ1) is 28.8. The summed E-state index contributed by atoms with van der Waals surface area (Å²) in [6, 6.07) is 5.62. The maximum absolute atomic E-state index is 12.7. The molecule has 0 aliphatic rings. The van der Waals surface area contributed by atoms with Crippen LogP contribution in [0.25, 0.3) is 0 Å². The van der Waals surface area contributed by atoms with Crippen molar-refractivity contribution in [1.82, 2.24) is 10.3 Å². The van der Waals surface area contributed by atoms with E-state index in [4.69, 9.17) is 18.5 Å². The van der Waals surface area contributed by atoms with Crippen molar-refractivity contribution in [1.29, 1.82) is 0 Å². The Hall–Kier alpha value is -0.630. The summed E-state index contributed by atoms with van der Waals surface area (Å²) in [6.45, 7) is 3.28. The number of hydrogen-bond donors (Lipinski definition) is 1. The Morgan fingerprint density at radius 1 is 0.667 bits per heavy atom. The molecule has 0 fully saturated rings. The first kappa shape index (κ1) is 59.4. The molecule has 0 aliphatic heterocycles. The van der Waals surface area contributed by atoms with Crippen LogP contribution >= 0.6 is 29.4 Å². The maximum Gasteiger partial charge on any atom is 1.00 e. The van der Waals surface area contributed by atoms with E-state index in [1.165, 1.54) is 137 Å². The van der Waals surface area contributed by atoms with Crippen LogP contribution in [0.5, 0.6) is 0 Å². The van der Waals surface area contributed by atoms with Crippen LogP contribution in [0.15, 0.2) is 29.4 Å². The molecule has 2 atom stereocenters. The monoisotopic (exact) mass is 910 g/mol. The predicted octanol–water partition coefficient (Wildman–Crippen LogP) is 9.25. The van der Waals surface area contributed by atoms with Gasteiger partial charge in [0.05, 0.1) is 13.2 Å². The number of rotatable bonds is 43. The molecule has 1 aromatic heterocycles. The molecule has 0 saturated heterocycles. The quantitative estimate of drug-likeness (QED) is 0.0219. The molecule has 0 aromatic carbocycles. The van der Waals surface area contributed by atoms with Gasteiger partial charge in [0.2, 0.25) is 5.91 Å². The van der Waals surface area contributed by atoms with E-state index in [0.717, 1.165) is 43.6 Å². The second-order valence-corrected chi connectivity index (χ2v) is 19.4. The van der Waals surface area contributed by atoms with Gasteiger partial charge in [-0.15, -0.1) is 0 Å². The molecule has 1 rings (SSSR count). The Morgan fingerprint density at radius 2 is 1.15 bits per heavy atom. The fourth-order valence-electron chi connectivity index (χ4n) is 6.47. The Kier molecular flexibility index (Phi) is 43.2. The van der Waals surface area contributed by atoms with Gasteiger partial charge in [-0.1, -0.05) is 185 Å². The normalized spacial score (nSPS) is 12.7. The van der Waals surface area contributed by atoms with Crippen LogP contribution in [-0.4, -0.2) is 61.1 Å². The first-order valence-electron chi connectivity index (χ1n) is 23.2. The fraction of sp³-hybridized carbons (Fsp3) is 0.822. The van der Waals surface area contributed by atoms with Crippen molar-refractivity contribution < 1.29 is 71.9 Å². The second kappa shape index (κ2) is 43.6. The standard InChI is InChI=1S/C45H81N2O9PS2.Na/c1-3-5-7-9-11-13-15-17-19-21-23-25-27-32-44(49)53-39-41(56-45(50)33-28-26-24-22-20-18-16-14-12-10-8-6-4-2)40-55-57(51,52)54-37-36-46-42(48)34-38-58-59-43-31-29-30-35-47-43;/h29-31,35,41H,3-28,32-34,36-40H2,1-2H3,(H,46,48)(H,51,52);/q;+1/p-1. The molecule has 342 valence electrons. The van der Waals surface area contributed by atoms with Crippen LogP contribution in [0, 0.1) is 0 Å². The van der Waals surface area contributed by atoms with Crippen molar-refractivity contribution in [3.8, 4) is 0 Å². The van der Waals surface area contributed by atoms with Crippen molar-refractivity contribution >= 4 is 47.3 Å². The van der Waals surface area contributed by atoms with Gasteiger partial charge in [0.1, 0.15) is 11.6 Å². The zero-order chi connectivity index (χ0) is 42.9. The topological polar surface area (TPSA) is 153 Å². The van der Waals surface area contributed by atoms with Crippen LogP contribution in [0.1, 0.15) is 200 Å². The smallest absolute Gasteiger partial charge is 0.756 e. The molecule has 0 spiro atoms. The van der Waals surface area contributed by atoms with Crippen LogP contribution < -0.4 is 39.8 Å². The summed E-state index contributed by atoms with van der Waals surface area (Å²) < 4.78 is 33.4. The van der Waals surface area contributed by atoms with Crippen LogP contribution in [0.3, 0.4) is 0 Å². The van der Waals surface area contributed by atoms with Crippen LogP contribution in [0.2, 0.25) is 0 Å². The summed E-state index contributed by atoms with van der Waals surface area (Å²) in [7, 11) is -1.82. The van der Waals surface area contributed by atoms with E-state index >= 15 is 0 Å². The van der Waals surface area contributed by atoms with Gasteiger partial charge < -0.3 is 28.7 Å². The molecule has 11 nitrogen and oxygen atoms in total. The minimum Gasteiger partial charge on any atom is -0.756 e. The van der Waals surface area contributed by atoms with Gasteiger partial charge in [0.25, 0.3) is 7.82 Å². The van der Waals surface area contributed by atoms with Crippen LogP contribution in [-0.2, 0) is 37.5 Å². The van der Waals surface area contributed by atoms with Gasteiger partial charge >= 0.3 is 41.5 Å². The fourth-order valence-corrected chi connectivity index (χ4v) is 9.08. The van der Waals surface area contributed by atoms with Crippen molar-refractivity contribution in [2.24, 2.45) is 0 Å². The largest absolute Gasteiger partial charge is 1.00 e. The number of carbonyl (C=O) groups excluding carboxylic acids is 3. The number of nitrogens with one attached hydrogen (secondary N) is 1. The number of nitrogens with zero attached hydrogens (tertiary/aromatic N) is 1. The van der Waals surface area contributed by atoms with E-state index in [1.54, 1.807) is 6.20 Å². The number of pyridine rings is 1. The number of phosphoric ester groups is 1. The van der Waals surface area contributed by atoms with Gasteiger partial charge in [0, 0.05) is 37.8 Å². The first-order valence-corrected chi connectivity index (χ1v) is 27.0. The molecule has 1 N–H and O–H groups in total. The molecule has 15 heteroatoms. The summed E-state index contributed by atoms with van der Waals surface area (Å²) in [5.74, 6) is -0.590. The SMILES string of the molecule is CCCCCCCCCCCCCCCC(=O)OCC(COP(=O)([O-])OCCNC(=O)CCSSc1ccccn1)OC(=O)CCCCCCCCCCCCCCC.[Na+]. The zero-order valence-corrected chi connectivity index (χ0v) is 42.3. The average molecular weight is 911 g/mol. The maximum atomic E-state index is 12.7. The van der Waals surface area contributed by atoms with Gasteiger partial charge in [-0.2, -0.15) is 0 Å². The minimum absolute atomic E-state index is 0. The van der Waals surface area contributed by atoms with Gasteiger partial charge in [-0.05, 0) is 35.8 Å². The van der Waals surface area contributed by atoms with Crippen molar-refractivity contribution in [3.63, 3.8) is 0 Å². The molecule has 0 radical (unpaired) electrons. The van der Waals surface area contributed by atoms with Gasteiger partial charge in [-0.3, -0.25) is 18.9 Å². The number of unbranched alkanes of at least 4 members (excludes halogenated alkanes) is 24. The molecule has 0 bridgehead atoms. The summed E-state index contributed by atoms with van der Waals surface area (Å²) >= 11 is 0. The summed E-state index contributed by atoms with van der Waals surface area (Å²) in [5, 5.41) is 3.48. The molecule has 60 heavy (non-hydrogen) atoms. The third kappa shape index (κ3) is 40.2. The number of aromatic nitrogens is 1. The number of amides is 1. The number of hydrogen-bond acceptors (Lipinski definition) is 12. The predicted molar refractivity (Wildman–Crippen MR) is 241 cm³/mol. The Balaban J connectivity index is 0.0000348. The van der Waals surface area contributed by atoms with Crippen LogP contribution in [0.4, 0.5) is 0 Å². The van der Waals surface area contributed by atoms with E-state index in [1.807, 2.05) is 18.2 Å². The molecule has 1 amide bonds. The number of phosphoric acid groups is 1. The molecule has 2 unspecified atom stereocenters. The second-order valence-electron chi connectivity index (χ2n) is 15.5.